The highest BCUT2D eigenvalue weighted by atomic mass is 35.5. The van der Waals surface area contributed by atoms with Crippen LogP contribution >= 0.6 is 34.8 Å². The molecule has 0 fully saturated rings. The number of rotatable bonds is 3. The zero-order valence-electron chi connectivity index (χ0n) is 6.74. The third-order valence-electron chi connectivity index (χ3n) is 1.46. The highest BCUT2D eigenvalue weighted by Crippen LogP contribution is 2.32. The Morgan fingerprint density at radius 1 is 1.21 bits per heavy atom. The molecule has 1 nitrogen and oxygen atoms in total. The highest BCUT2D eigenvalue weighted by molar-refractivity contribution is 6.36. The largest absolute Gasteiger partial charge is 0.433 e. The molecule has 78 valence electrons. The second-order valence-corrected chi connectivity index (χ2v) is 3.47. The molecule has 1 aromatic rings. The maximum absolute atomic E-state index is 11.9. The molecule has 0 saturated heterocycles. The van der Waals surface area contributed by atoms with Crippen LogP contribution in [0.25, 0.3) is 0 Å². The molecule has 0 aliphatic carbocycles. The van der Waals surface area contributed by atoms with E-state index in [2.05, 4.69) is 4.74 Å². The Bertz CT molecular complexity index is 331. The third kappa shape index (κ3) is 2.87. The van der Waals surface area contributed by atoms with Crippen LogP contribution in [0.4, 0.5) is 8.78 Å². The molecule has 0 aliphatic rings. The molecule has 0 N–H and O–H groups in total. The lowest BCUT2D eigenvalue weighted by molar-refractivity contribution is -0.0498. The molecule has 6 heteroatoms. The normalized spacial score (nSPS) is 10.7. The molecule has 0 spiro atoms. The first kappa shape index (κ1) is 11.8. The van der Waals surface area contributed by atoms with Crippen LogP contribution in [0.3, 0.4) is 0 Å². The van der Waals surface area contributed by atoms with E-state index in [1.807, 2.05) is 0 Å². The molecule has 0 radical (unpaired) electrons. The first-order valence-corrected chi connectivity index (χ1v) is 4.82. The maximum Gasteiger partial charge on any atom is 0.387 e. The third-order valence-corrected chi connectivity index (χ3v) is 2.40. The van der Waals surface area contributed by atoms with Gasteiger partial charge in [0.2, 0.25) is 0 Å². The van der Waals surface area contributed by atoms with Gasteiger partial charge in [-0.15, -0.1) is 11.6 Å². The van der Waals surface area contributed by atoms with Crippen LogP contribution in [0.5, 0.6) is 5.75 Å². The summed E-state index contributed by atoms with van der Waals surface area (Å²) in [5, 5.41) is 0.357. The first-order valence-electron chi connectivity index (χ1n) is 3.53. The Balaban J connectivity index is 3.04. The lowest BCUT2D eigenvalue weighted by Crippen LogP contribution is -2.02. The van der Waals surface area contributed by atoms with Crippen LogP contribution in [0.2, 0.25) is 10.0 Å². The van der Waals surface area contributed by atoms with E-state index in [0.29, 0.717) is 10.6 Å². The van der Waals surface area contributed by atoms with Crippen LogP contribution in [0.1, 0.15) is 5.56 Å². The molecule has 1 rings (SSSR count). The van der Waals surface area contributed by atoms with Gasteiger partial charge >= 0.3 is 6.61 Å². The molecule has 0 atom stereocenters. The number of halogens is 5. The van der Waals surface area contributed by atoms with E-state index in [-0.39, 0.29) is 16.7 Å². The van der Waals surface area contributed by atoms with Gasteiger partial charge in [0.05, 0.1) is 5.02 Å². The van der Waals surface area contributed by atoms with Gasteiger partial charge in [0.1, 0.15) is 5.75 Å². The van der Waals surface area contributed by atoms with Crippen molar-refractivity contribution < 1.29 is 13.5 Å². The molecule has 0 saturated carbocycles. The molecule has 0 heterocycles. The Kier molecular flexibility index (Phi) is 4.23. The summed E-state index contributed by atoms with van der Waals surface area (Å²) in [4.78, 5) is 0. The number of benzene rings is 1. The first-order chi connectivity index (χ1) is 6.54. The summed E-state index contributed by atoms with van der Waals surface area (Å²) >= 11 is 16.9. The van der Waals surface area contributed by atoms with Crippen LogP contribution in [-0.2, 0) is 5.88 Å². The Morgan fingerprint density at radius 3 is 2.36 bits per heavy atom. The zero-order valence-corrected chi connectivity index (χ0v) is 9.01. The van der Waals surface area contributed by atoms with Crippen molar-refractivity contribution in [3.8, 4) is 5.75 Å². The van der Waals surface area contributed by atoms with Gasteiger partial charge in [0, 0.05) is 10.9 Å². The van der Waals surface area contributed by atoms with Gasteiger partial charge in [-0.3, -0.25) is 0 Å². The van der Waals surface area contributed by atoms with Crippen molar-refractivity contribution in [2.24, 2.45) is 0 Å². The second kappa shape index (κ2) is 5.01. The zero-order chi connectivity index (χ0) is 10.7. The number of ether oxygens (including phenoxy) is 1. The summed E-state index contributed by atoms with van der Waals surface area (Å²) < 4.78 is 27.9. The molecular weight excluding hydrogens is 256 g/mol. The Morgan fingerprint density at radius 2 is 1.86 bits per heavy atom. The van der Waals surface area contributed by atoms with Crippen molar-refractivity contribution in [2.75, 3.05) is 0 Å². The van der Waals surface area contributed by atoms with Crippen LogP contribution in [0.15, 0.2) is 12.1 Å². The second-order valence-electron chi connectivity index (χ2n) is 2.39. The van der Waals surface area contributed by atoms with Gasteiger partial charge < -0.3 is 4.74 Å². The monoisotopic (exact) mass is 260 g/mol. The minimum absolute atomic E-state index is 0.0316. The van der Waals surface area contributed by atoms with Gasteiger partial charge in [-0.25, -0.2) is 0 Å². The van der Waals surface area contributed by atoms with Crippen molar-refractivity contribution in [3.05, 3.63) is 27.7 Å². The van der Waals surface area contributed by atoms with E-state index >= 15 is 0 Å². The molecule has 0 aliphatic heterocycles. The van der Waals surface area contributed by atoms with E-state index in [9.17, 15) is 8.78 Å². The fraction of sp³-hybridized carbons (Fsp3) is 0.250. The van der Waals surface area contributed by atoms with E-state index in [1.165, 1.54) is 12.1 Å². The van der Waals surface area contributed by atoms with Crippen molar-refractivity contribution >= 4 is 34.8 Å². The lowest BCUT2D eigenvalue weighted by atomic mass is 10.2. The summed E-state index contributed by atoms with van der Waals surface area (Å²) in [6.45, 7) is -2.92. The van der Waals surface area contributed by atoms with Crippen molar-refractivity contribution in [2.45, 2.75) is 12.5 Å². The predicted octanol–water partition coefficient (Wildman–Crippen LogP) is 4.33. The molecule has 14 heavy (non-hydrogen) atoms. The Labute approximate surface area is 94.5 Å². The van der Waals surface area contributed by atoms with Crippen LogP contribution in [-0.4, -0.2) is 6.61 Å². The quantitative estimate of drug-likeness (QED) is 0.736. The highest BCUT2D eigenvalue weighted by Gasteiger charge is 2.11. The van der Waals surface area contributed by atoms with Crippen LogP contribution < -0.4 is 4.74 Å². The van der Waals surface area contributed by atoms with Gasteiger partial charge in [0.15, 0.2) is 0 Å². The smallest absolute Gasteiger partial charge is 0.387 e. The molecule has 0 bridgehead atoms. The summed E-state index contributed by atoms with van der Waals surface area (Å²) in [7, 11) is 0. The molecular formula is C8H5Cl3F2O. The van der Waals surface area contributed by atoms with E-state index in [1.54, 1.807) is 0 Å². The van der Waals surface area contributed by atoms with Crippen molar-refractivity contribution in [1.82, 2.24) is 0 Å². The van der Waals surface area contributed by atoms with Gasteiger partial charge in [-0.1, -0.05) is 23.2 Å². The fourth-order valence-corrected chi connectivity index (χ4v) is 1.64. The number of alkyl halides is 3. The maximum atomic E-state index is 11.9. The van der Waals surface area contributed by atoms with E-state index in [0.717, 1.165) is 0 Å². The summed E-state index contributed by atoms with van der Waals surface area (Å²) in [6, 6.07) is 2.61. The van der Waals surface area contributed by atoms with Gasteiger partial charge in [-0.2, -0.15) is 8.78 Å². The fourth-order valence-electron chi connectivity index (χ4n) is 0.860. The molecule has 0 amide bonds. The summed E-state index contributed by atoms with van der Waals surface area (Å²) in [6.07, 6.45) is 0. The van der Waals surface area contributed by atoms with Crippen LogP contribution in [0, 0.1) is 0 Å². The SMILES string of the molecule is FC(F)Oc1cc(CCl)c(Cl)cc1Cl. The van der Waals surface area contributed by atoms with E-state index < -0.39 is 6.61 Å². The summed E-state index contributed by atoms with van der Waals surface area (Å²) in [5.41, 5.74) is 0.494. The van der Waals surface area contributed by atoms with E-state index in [4.69, 9.17) is 34.8 Å². The Hall–Kier alpha value is -0.250. The number of hydrogen-bond donors (Lipinski definition) is 0. The lowest BCUT2D eigenvalue weighted by Gasteiger charge is -2.09. The molecule has 0 unspecified atom stereocenters. The van der Waals surface area contributed by atoms with Gasteiger partial charge in [-0.05, 0) is 17.7 Å². The summed E-state index contributed by atoms with van der Waals surface area (Å²) in [5.74, 6) is -0.0167. The standard InChI is InChI=1S/C8H5Cl3F2O/c9-3-4-1-7(14-8(12)13)6(11)2-5(4)10/h1-2,8H,3H2. The minimum Gasteiger partial charge on any atom is -0.433 e. The van der Waals surface area contributed by atoms with Crippen molar-refractivity contribution in [1.29, 1.82) is 0 Å². The topological polar surface area (TPSA) is 9.23 Å². The number of hydrogen-bond acceptors (Lipinski definition) is 1. The molecule has 0 aromatic heterocycles. The van der Waals surface area contributed by atoms with Crippen molar-refractivity contribution in [3.63, 3.8) is 0 Å². The average Bonchev–Trinajstić information content (AvgIpc) is 2.09. The molecule has 1 aromatic carbocycles. The average molecular weight is 261 g/mol. The minimum atomic E-state index is -2.92. The predicted molar refractivity (Wildman–Crippen MR) is 52.7 cm³/mol. The van der Waals surface area contributed by atoms with Gasteiger partial charge in [0.25, 0.3) is 0 Å².